The minimum absolute atomic E-state index is 0.310. The van der Waals surface area contributed by atoms with Crippen molar-refractivity contribution in [1.82, 2.24) is 5.32 Å². The lowest BCUT2D eigenvalue weighted by Gasteiger charge is -2.18. The molecule has 6 heteroatoms. The van der Waals surface area contributed by atoms with Gasteiger partial charge in [-0.25, -0.2) is 4.79 Å². The number of carboxylic acid groups (broad SMARTS) is 1. The predicted octanol–water partition coefficient (Wildman–Crippen LogP) is 0.682. The standard InChI is InChI=1S/C11H22N2O3S/c1-7(2)6-8(12)10(14)13-9(11(15)16)4-5-17-3/h7-9H,4-6,12H2,1-3H3,(H,13,14)(H,15,16)/t8?,9-/m1/s1. The maximum absolute atomic E-state index is 11.7. The summed E-state index contributed by atoms with van der Waals surface area (Å²) in [5.41, 5.74) is 5.69. The summed E-state index contributed by atoms with van der Waals surface area (Å²) in [5.74, 6) is -0.391. The largest absolute Gasteiger partial charge is 0.480 e. The first-order valence-corrected chi connectivity index (χ1v) is 7.05. The Balaban J connectivity index is 4.24. The van der Waals surface area contributed by atoms with Crippen LogP contribution in [0.1, 0.15) is 26.7 Å². The van der Waals surface area contributed by atoms with Gasteiger partial charge in [0, 0.05) is 0 Å². The molecule has 0 spiro atoms. The molecule has 0 aromatic carbocycles. The third kappa shape index (κ3) is 7.23. The summed E-state index contributed by atoms with van der Waals surface area (Å²) >= 11 is 1.55. The summed E-state index contributed by atoms with van der Waals surface area (Å²) in [6.07, 6.45) is 2.86. The van der Waals surface area contributed by atoms with Crippen molar-refractivity contribution in [3.05, 3.63) is 0 Å². The van der Waals surface area contributed by atoms with Crippen LogP contribution in [0.3, 0.4) is 0 Å². The van der Waals surface area contributed by atoms with E-state index < -0.39 is 18.1 Å². The van der Waals surface area contributed by atoms with Crippen molar-refractivity contribution < 1.29 is 14.7 Å². The van der Waals surface area contributed by atoms with Crippen molar-refractivity contribution in [2.75, 3.05) is 12.0 Å². The molecule has 2 atom stereocenters. The molecule has 0 bridgehead atoms. The van der Waals surface area contributed by atoms with Crippen molar-refractivity contribution in [2.24, 2.45) is 11.7 Å². The van der Waals surface area contributed by atoms with Crippen LogP contribution in [0.15, 0.2) is 0 Å². The fraction of sp³-hybridized carbons (Fsp3) is 0.818. The molecule has 1 unspecified atom stereocenters. The van der Waals surface area contributed by atoms with Crippen LogP contribution in [-0.2, 0) is 9.59 Å². The maximum atomic E-state index is 11.7. The number of hydrogen-bond donors (Lipinski definition) is 3. The highest BCUT2D eigenvalue weighted by atomic mass is 32.2. The Kier molecular flexibility index (Phi) is 7.99. The second-order valence-corrected chi connectivity index (χ2v) is 5.40. The number of carbonyl (C=O) groups is 2. The molecular weight excluding hydrogens is 240 g/mol. The molecular formula is C11H22N2O3S. The molecule has 0 aliphatic rings. The molecule has 0 fully saturated rings. The first-order chi connectivity index (χ1) is 7.88. The number of hydrogen-bond acceptors (Lipinski definition) is 4. The Hall–Kier alpha value is -0.750. The topological polar surface area (TPSA) is 92.4 Å². The fourth-order valence-corrected chi connectivity index (χ4v) is 1.86. The van der Waals surface area contributed by atoms with Crippen LogP contribution in [0, 0.1) is 5.92 Å². The van der Waals surface area contributed by atoms with Crippen LogP contribution in [0.4, 0.5) is 0 Å². The van der Waals surface area contributed by atoms with Gasteiger partial charge in [-0.1, -0.05) is 13.8 Å². The molecule has 1 amide bonds. The molecule has 0 radical (unpaired) electrons. The summed E-state index contributed by atoms with van der Waals surface area (Å²) < 4.78 is 0. The zero-order valence-corrected chi connectivity index (χ0v) is 11.4. The Bertz CT molecular complexity index is 259. The van der Waals surface area contributed by atoms with Gasteiger partial charge in [0.2, 0.25) is 5.91 Å². The Morgan fingerprint density at radius 3 is 2.41 bits per heavy atom. The SMILES string of the molecule is CSCC[C@@H](NC(=O)C(N)CC(C)C)C(=O)O. The summed E-state index contributed by atoms with van der Waals surface area (Å²) in [4.78, 5) is 22.6. The van der Waals surface area contributed by atoms with Gasteiger partial charge in [0.1, 0.15) is 6.04 Å². The molecule has 0 rings (SSSR count). The number of thioether (sulfide) groups is 1. The molecule has 0 saturated carbocycles. The normalized spacial score (nSPS) is 14.4. The van der Waals surface area contributed by atoms with Crippen LogP contribution in [0.5, 0.6) is 0 Å². The average molecular weight is 262 g/mol. The molecule has 0 aromatic rings. The van der Waals surface area contributed by atoms with Crippen molar-refractivity contribution in [3.8, 4) is 0 Å². The lowest BCUT2D eigenvalue weighted by Crippen LogP contribution is -2.49. The van der Waals surface area contributed by atoms with E-state index in [0.717, 1.165) is 0 Å². The van der Waals surface area contributed by atoms with Crippen LogP contribution in [0.25, 0.3) is 0 Å². The van der Waals surface area contributed by atoms with Gasteiger partial charge in [-0.05, 0) is 30.8 Å². The third-order valence-electron chi connectivity index (χ3n) is 2.29. The number of rotatable bonds is 8. The number of nitrogens with one attached hydrogen (secondary N) is 1. The summed E-state index contributed by atoms with van der Waals surface area (Å²) in [6.45, 7) is 3.94. The highest BCUT2D eigenvalue weighted by Crippen LogP contribution is 2.05. The molecule has 0 saturated heterocycles. The summed E-state index contributed by atoms with van der Waals surface area (Å²) in [6, 6.07) is -1.47. The minimum atomic E-state index is -1.01. The number of nitrogens with two attached hydrogens (primary N) is 1. The molecule has 100 valence electrons. The maximum Gasteiger partial charge on any atom is 0.326 e. The molecule has 0 heterocycles. The molecule has 17 heavy (non-hydrogen) atoms. The average Bonchev–Trinajstić information content (AvgIpc) is 2.22. The van der Waals surface area contributed by atoms with Gasteiger partial charge in [-0.3, -0.25) is 4.79 Å². The second-order valence-electron chi connectivity index (χ2n) is 4.42. The number of carboxylic acids is 1. The van der Waals surface area contributed by atoms with Crippen LogP contribution < -0.4 is 11.1 Å². The van der Waals surface area contributed by atoms with Gasteiger partial charge < -0.3 is 16.2 Å². The van der Waals surface area contributed by atoms with Crippen LogP contribution >= 0.6 is 11.8 Å². The number of amides is 1. The Labute approximate surface area is 107 Å². The molecule has 0 aromatic heterocycles. The highest BCUT2D eigenvalue weighted by Gasteiger charge is 2.23. The monoisotopic (exact) mass is 262 g/mol. The molecule has 0 aliphatic heterocycles. The van der Waals surface area contributed by atoms with E-state index in [2.05, 4.69) is 5.32 Å². The first kappa shape index (κ1) is 16.2. The van der Waals surface area contributed by atoms with Crippen LogP contribution in [-0.4, -0.2) is 41.1 Å². The van der Waals surface area contributed by atoms with E-state index in [9.17, 15) is 9.59 Å². The van der Waals surface area contributed by atoms with Crippen molar-refractivity contribution in [3.63, 3.8) is 0 Å². The number of carbonyl (C=O) groups excluding carboxylic acids is 1. The lowest BCUT2D eigenvalue weighted by molar-refractivity contribution is -0.142. The van der Waals surface area contributed by atoms with Crippen molar-refractivity contribution >= 4 is 23.6 Å². The predicted molar refractivity (Wildman–Crippen MR) is 70.0 cm³/mol. The van der Waals surface area contributed by atoms with E-state index in [0.29, 0.717) is 24.5 Å². The lowest BCUT2D eigenvalue weighted by atomic mass is 10.0. The van der Waals surface area contributed by atoms with E-state index in [1.807, 2.05) is 20.1 Å². The number of aliphatic carboxylic acids is 1. The highest BCUT2D eigenvalue weighted by molar-refractivity contribution is 7.98. The van der Waals surface area contributed by atoms with Gasteiger partial charge in [-0.15, -0.1) is 0 Å². The van der Waals surface area contributed by atoms with Crippen molar-refractivity contribution in [1.29, 1.82) is 0 Å². The summed E-state index contributed by atoms with van der Waals surface area (Å²) in [7, 11) is 0. The van der Waals surface area contributed by atoms with Gasteiger partial charge in [0.05, 0.1) is 6.04 Å². The zero-order valence-electron chi connectivity index (χ0n) is 10.6. The Morgan fingerprint density at radius 2 is 2.00 bits per heavy atom. The molecule has 4 N–H and O–H groups in total. The van der Waals surface area contributed by atoms with Gasteiger partial charge in [0.25, 0.3) is 0 Å². The zero-order chi connectivity index (χ0) is 13.4. The quantitative estimate of drug-likeness (QED) is 0.598. The Morgan fingerprint density at radius 1 is 1.41 bits per heavy atom. The van der Waals surface area contributed by atoms with Gasteiger partial charge >= 0.3 is 5.97 Å². The van der Waals surface area contributed by atoms with E-state index in [1.54, 1.807) is 11.8 Å². The smallest absolute Gasteiger partial charge is 0.326 e. The summed E-state index contributed by atoms with van der Waals surface area (Å²) in [5, 5.41) is 11.4. The minimum Gasteiger partial charge on any atom is -0.480 e. The van der Waals surface area contributed by atoms with Crippen LogP contribution in [0.2, 0.25) is 0 Å². The molecule has 5 nitrogen and oxygen atoms in total. The van der Waals surface area contributed by atoms with Crippen molar-refractivity contribution in [2.45, 2.75) is 38.8 Å². The van der Waals surface area contributed by atoms with Gasteiger partial charge in [-0.2, -0.15) is 11.8 Å². The molecule has 0 aliphatic carbocycles. The fourth-order valence-electron chi connectivity index (χ4n) is 1.39. The first-order valence-electron chi connectivity index (χ1n) is 5.66. The second kappa shape index (κ2) is 8.36. The van der Waals surface area contributed by atoms with E-state index in [1.165, 1.54) is 0 Å². The van der Waals surface area contributed by atoms with Gasteiger partial charge in [0.15, 0.2) is 0 Å². The van der Waals surface area contributed by atoms with E-state index >= 15 is 0 Å². The van der Waals surface area contributed by atoms with E-state index in [4.69, 9.17) is 10.8 Å². The van der Waals surface area contributed by atoms with E-state index in [-0.39, 0.29) is 5.91 Å². The third-order valence-corrected chi connectivity index (χ3v) is 2.93.